The van der Waals surface area contributed by atoms with Crippen molar-refractivity contribution >= 4 is 29.1 Å². The molecule has 1 aromatic heterocycles. The lowest BCUT2D eigenvalue weighted by Gasteiger charge is -2.37. The summed E-state index contributed by atoms with van der Waals surface area (Å²) < 4.78 is 6.95. The van der Waals surface area contributed by atoms with Crippen LogP contribution in [0.2, 0.25) is 0 Å². The number of amides is 3. The van der Waals surface area contributed by atoms with Crippen molar-refractivity contribution in [1.29, 1.82) is 0 Å². The Labute approximate surface area is 226 Å². The molecule has 2 aromatic carbocycles. The van der Waals surface area contributed by atoms with Crippen LogP contribution in [-0.4, -0.2) is 40.7 Å². The Hall–Kier alpha value is -4.24. The predicted molar refractivity (Wildman–Crippen MR) is 146 cm³/mol. The second-order valence-corrected chi connectivity index (χ2v) is 10.5. The van der Waals surface area contributed by atoms with Crippen molar-refractivity contribution in [3.05, 3.63) is 88.9 Å². The van der Waals surface area contributed by atoms with E-state index in [1.807, 2.05) is 18.2 Å². The molecule has 0 bridgehead atoms. The molecule has 0 saturated carbocycles. The number of anilines is 2. The van der Waals surface area contributed by atoms with Crippen molar-refractivity contribution in [3.8, 4) is 0 Å². The van der Waals surface area contributed by atoms with E-state index in [4.69, 9.17) is 4.74 Å². The zero-order chi connectivity index (χ0) is 27.1. The number of nitrogens with zero attached hydrogens (tertiary/aromatic N) is 2. The quantitative estimate of drug-likeness (QED) is 0.422. The van der Waals surface area contributed by atoms with Crippen LogP contribution < -0.4 is 16.0 Å². The van der Waals surface area contributed by atoms with Crippen molar-refractivity contribution in [2.45, 2.75) is 43.4 Å². The summed E-state index contributed by atoms with van der Waals surface area (Å²) in [6.07, 6.45) is 5.21. The fraction of sp³-hybridized carbons (Fsp3) is 0.333. The maximum atomic E-state index is 13.5. The minimum atomic E-state index is -0.575. The van der Waals surface area contributed by atoms with Gasteiger partial charge in [0.05, 0.1) is 5.41 Å². The summed E-state index contributed by atoms with van der Waals surface area (Å²) in [7, 11) is 1.68. The third kappa shape index (κ3) is 4.32. The SMILES string of the molecule is CC1c2ccccc2C1CC=C(NC(=O)c1ccnn1C)C(=O)Nc1ccc2c(c1)NC(=O)C21CCOCC1. The van der Waals surface area contributed by atoms with E-state index in [0.717, 1.165) is 5.56 Å². The molecule has 1 spiro atoms. The largest absolute Gasteiger partial charge is 0.381 e. The Morgan fingerprint density at radius 3 is 2.67 bits per heavy atom. The molecule has 3 aliphatic rings. The van der Waals surface area contributed by atoms with Gasteiger partial charge in [0.1, 0.15) is 11.4 Å². The first-order chi connectivity index (χ1) is 18.9. The molecular weight excluding hydrogens is 494 g/mol. The normalized spacial score (nSPS) is 21.0. The second-order valence-electron chi connectivity index (χ2n) is 10.5. The van der Waals surface area contributed by atoms with Crippen molar-refractivity contribution in [1.82, 2.24) is 15.1 Å². The summed E-state index contributed by atoms with van der Waals surface area (Å²) >= 11 is 0. The lowest BCUT2D eigenvalue weighted by molar-refractivity contribution is -0.124. The number of benzene rings is 2. The van der Waals surface area contributed by atoms with Gasteiger partial charge >= 0.3 is 0 Å². The smallest absolute Gasteiger partial charge is 0.274 e. The molecular formula is C30H31N5O4. The maximum absolute atomic E-state index is 13.5. The monoisotopic (exact) mass is 525 g/mol. The highest BCUT2D eigenvalue weighted by Gasteiger charge is 2.47. The Kier molecular flexibility index (Phi) is 6.31. The number of carbonyl (C=O) groups excluding carboxylic acids is 3. The van der Waals surface area contributed by atoms with Gasteiger partial charge in [0.25, 0.3) is 11.8 Å². The molecule has 3 heterocycles. The lowest BCUT2D eigenvalue weighted by Crippen LogP contribution is -2.39. The third-order valence-corrected chi connectivity index (χ3v) is 8.43. The standard InChI is InChI=1S/C30H31N5O4/c1-18-20-5-3-4-6-22(20)21(18)8-10-24(33-28(37)26-11-14-31-35(26)2)27(36)32-19-7-9-23-25(17-19)34-29(38)30(23)12-15-39-16-13-30/h3-7,9-11,14,17-18,21H,8,12-13,15-16H2,1-2H3,(H,32,36)(H,33,37)(H,34,38). The fourth-order valence-electron chi connectivity index (χ4n) is 6.13. The molecule has 2 aliphatic heterocycles. The predicted octanol–water partition coefficient (Wildman–Crippen LogP) is 3.96. The number of aryl methyl sites for hydroxylation is 1. The molecule has 3 aromatic rings. The van der Waals surface area contributed by atoms with Crippen LogP contribution in [0.1, 0.15) is 65.2 Å². The molecule has 39 heavy (non-hydrogen) atoms. The van der Waals surface area contributed by atoms with Gasteiger partial charge in [-0.2, -0.15) is 5.10 Å². The van der Waals surface area contributed by atoms with E-state index >= 15 is 0 Å². The summed E-state index contributed by atoms with van der Waals surface area (Å²) in [6, 6.07) is 15.4. The Morgan fingerprint density at radius 1 is 1.15 bits per heavy atom. The van der Waals surface area contributed by atoms with Crippen LogP contribution in [-0.2, 0) is 26.8 Å². The summed E-state index contributed by atoms with van der Waals surface area (Å²) in [5, 5.41) is 12.8. The number of nitrogens with one attached hydrogen (secondary N) is 3. The molecule has 9 heteroatoms. The van der Waals surface area contributed by atoms with Crippen LogP contribution in [0.5, 0.6) is 0 Å². The van der Waals surface area contributed by atoms with Crippen molar-refractivity contribution in [2.75, 3.05) is 23.8 Å². The molecule has 1 aliphatic carbocycles. The Morgan fingerprint density at radius 2 is 1.92 bits per heavy atom. The molecule has 200 valence electrons. The van der Waals surface area contributed by atoms with Gasteiger partial charge in [-0.15, -0.1) is 0 Å². The maximum Gasteiger partial charge on any atom is 0.274 e. The van der Waals surface area contributed by atoms with Gasteiger partial charge in [-0.25, -0.2) is 0 Å². The number of rotatable bonds is 6. The van der Waals surface area contributed by atoms with Gasteiger partial charge in [-0.05, 0) is 66.0 Å². The molecule has 1 saturated heterocycles. The summed E-state index contributed by atoms with van der Waals surface area (Å²) in [5.41, 5.74) is 4.70. The van der Waals surface area contributed by atoms with Crippen LogP contribution in [0, 0.1) is 0 Å². The average molecular weight is 526 g/mol. The molecule has 9 nitrogen and oxygen atoms in total. The molecule has 3 N–H and O–H groups in total. The van der Waals surface area contributed by atoms with Crippen LogP contribution in [0.4, 0.5) is 11.4 Å². The van der Waals surface area contributed by atoms with E-state index in [1.54, 1.807) is 31.3 Å². The average Bonchev–Trinajstić information content (AvgIpc) is 3.48. The highest BCUT2D eigenvalue weighted by atomic mass is 16.5. The highest BCUT2D eigenvalue weighted by Crippen LogP contribution is 2.48. The topological polar surface area (TPSA) is 114 Å². The molecule has 3 amide bonds. The van der Waals surface area contributed by atoms with E-state index < -0.39 is 17.2 Å². The zero-order valence-electron chi connectivity index (χ0n) is 22.0. The van der Waals surface area contributed by atoms with Crippen molar-refractivity contribution in [3.63, 3.8) is 0 Å². The number of ether oxygens (including phenoxy) is 1. The van der Waals surface area contributed by atoms with E-state index in [2.05, 4.69) is 40.1 Å². The highest BCUT2D eigenvalue weighted by molar-refractivity contribution is 6.10. The van der Waals surface area contributed by atoms with E-state index in [-0.39, 0.29) is 17.5 Å². The molecule has 2 atom stereocenters. The number of fused-ring (bicyclic) bond motifs is 3. The van der Waals surface area contributed by atoms with Crippen molar-refractivity contribution < 1.29 is 19.1 Å². The van der Waals surface area contributed by atoms with Gasteiger partial charge in [-0.1, -0.05) is 43.3 Å². The molecule has 6 rings (SSSR count). The first-order valence-corrected chi connectivity index (χ1v) is 13.3. The van der Waals surface area contributed by atoms with Gasteiger partial charge in [0, 0.05) is 37.8 Å². The van der Waals surface area contributed by atoms with Crippen LogP contribution in [0.25, 0.3) is 0 Å². The van der Waals surface area contributed by atoms with E-state index in [1.165, 1.54) is 22.0 Å². The molecule has 1 fully saturated rings. The zero-order valence-corrected chi connectivity index (χ0v) is 22.0. The summed E-state index contributed by atoms with van der Waals surface area (Å²) in [6.45, 7) is 3.26. The first kappa shape index (κ1) is 25.1. The minimum Gasteiger partial charge on any atom is -0.381 e. The van der Waals surface area contributed by atoms with Crippen LogP contribution in [0.3, 0.4) is 0 Å². The van der Waals surface area contributed by atoms with Gasteiger partial charge < -0.3 is 20.7 Å². The summed E-state index contributed by atoms with van der Waals surface area (Å²) in [4.78, 5) is 39.4. The summed E-state index contributed by atoms with van der Waals surface area (Å²) in [5.74, 6) is -0.240. The van der Waals surface area contributed by atoms with Gasteiger partial charge in [-0.3, -0.25) is 19.1 Å². The number of hydrogen-bond donors (Lipinski definition) is 3. The minimum absolute atomic E-state index is 0.0248. The Balaban J connectivity index is 1.24. The number of carbonyl (C=O) groups is 3. The van der Waals surface area contributed by atoms with E-state index in [0.29, 0.717) is 55.5 Å². The van der Waals surface area contributed by atoms with Gasteiger partial charge in [0.2, 0.25) is 5.91 Å². The van der Waals surface area contributed by atoms with Crippen molar-refractivity contribution in [2.24, 2.45) is 7.05 Å². The molecule has 0 radical (unpaired) electrons. The first-order valence-electron chi connectivity index (χ1n) is 13.3. The fourth-order valence-corrected chi connectivity index (χ4v) is 6.13. The number of hydrogen-bond acceptors (Lipinski definition) is 5. The number of allylic oxidation sites excluding steroid dienone is 1. The van der Waals surface area contributed by atoms with Crippen LogP contribution >= 0.6 is 0 Å². The Bertz CT molecular complexity index is 1500. The van der Waals surface area contributed by atoms with E-state index in [9.17, 15) is 14.4 Å². The second kappa shape index (κ2) is 9.81. The lowest BCUT2D eigenvalue weighted by atomic mass is 9.67. The van der Waals surface area contributed by atoms with Crippen LogP contribution in [0.15, 0.2) is 66.5 Å². The number of aromatic nitrogens is 2. The third-order valence-electron chi connectivity index (χ3n) is 8.43. The molecule has 2 unspecified atom stereocenters. The van der Waals surface area contributed by atoms with Gasteiger partial charge in [0.15, 0.2) is 0 Å².